The van der Waals surface area contributed by atoms with Gasteiger partial charge in [-0.05, 0) is 18.4 Å². The van der Waals surface area contributed by atoms with E-state index >= 15 is 0 Å². The summed E-state index contributed by atoms with van der Waals surface area (Å²) in [5.74, 6) is 0.0213. The summed E-state index contributed by atoms with van der Waals surface area (Å²) in [6, 6.07) is 0. The molecule has 3 nitrogen and oxygen atoms in total. The van der Waals surface area contributed by atoms with E-state index in [1.54, 1.807) is 11.8 Å². The second-order valence-electron chi connectivity index (χ2n) is 2.37. The molecule has 0 aromatic rings. The zero-order chi connectivity index (χ0) is 9.40. The standard InChI is InChI=1S/C8H14O3S/c1-12-5-3-2-4-7(9)6-8(10)11/h2,4,7,9H,3,5-6H2,1H3,(H,10,11)/b4-2-/t7-/m1/s1. The van der Waals surface area contributed by atoms with Crippen molar-refractivity contribution < 1.29 is 15.0 Å². The lowest BCUT2D eigenvalue weighted by atomic mass is 10.2. The van der Waals surface area contributed by atoms with Crippen molar-refractivity contribution in [3.05, 3.63) is 12.2 Å². The minimum Gasteiger partial charge on any atom is -0.481 e. The van der Waals surface area contributed by atoms with Crippen LogP contribution in [0.5, 0.6) is 0 Å². The van der Waals surface area contributed by atoms with Gasteiger partial charge in [0.05, 0.1) is 12.5 Å². The van der Waals surface area contributed by atoms with E-state index in [0.29, 0.717) is 0 Å². The first-order valence-electron chi connectivity index (χ1n) is 3.72. The number of hydrogen-bond donors (Lipinski definition) is 2. The Labute approximate surface area is 76.5 Å². The van der Waals surface area contributed by atoms with E-state index in [1.807, 2.05) is 12.3 Å². The fourth-order valence-electron chi connectivity index (χ4n) is 0.686. The number of hydrogen-bond acceptors (Lipinski definition) is 3. The van der Waals surface area contributed by atoms with Gasteiger partial charge in [0.25, 0.3) is 0 Å². The molecule has 0 heterocycles. The van der Waals surface area contributed by atoms with Crippen molar-refractivity contribution in [3.63, 3.8) is 0 Å². The predicted molar refractivity (Wildman–Crippen MR) is 50.4 cm³/mol. The molecule has 0 saturated carbocycles. The van der Waals surface area contributed by atoms with E-state index in [4.69, 9.17) is 10.2 Å². The number of carbonyl (C=O) groups is 1. The van der Waals surface area contributed by atoms with Crippen molar-refractivity contribution in [2.75, 3.05) is 12.0 Å². The van der Waals surface area contributed by atoms with Crippen LogP contribution in [0.4, 0.5) is 0 Å². The molecule has 0 amide bonds. The highest BCUT2D eigenvalue weighted by atomic mass is 32.2. The van der Waals surface area contributed by atoms with Crippen molar-refractivity contribution in [3.8, 4) is 0 Å². The van der Waals surface area contributed by atoms with Crippen LogP contribution in [0.15, 0.2) is 12.2 Å². The quantitative estimate of drug-likeness (QED) is 0.487. The van der Waals surface area contributed by atoms with E-state index in [2.05, 4.69) is 0 Å². The lowest BCUT2D eigenvalue weighted by Gasteiger charge is -1.99. The molecule has 1 atom stereocenters. The summed E-state index contributed by atoms with van der Waals surface area (Å²) in [5.41, 5.74) is 0. The monoisotopic (exact) mass is 190 g/mol. The van der Waals surface area contributed by atoms with Crippen molar-refractivity contribution in [2.45, 2.75) is 18.9 Å². The highest BCUT2D eigenvalue weighted by Crippen LogP contribution is 1.99. The molecule has 0 saturated heterocycles. The fourth-order valence-corrected chi connectivity index (χ4v) is 1.06. The minimum absolute atomic E-state index is 0.213. The van der Waals surface area contributed by atoms with Gasteiger partial charge in [-0.3, -0.25) is 4.79 Å². The van der Waals surface area contributed by atoms with Crippen LogP contribution in [0.1, 0.15) is 12.8 Å². The van der Waals surface area contributed by atoms with Gasteiger partial charge < -0.3 is 10.2 Å². The van der Waals surface area contributed by atoms with Crippen molar-refractivity contribution in [2.24, 2.45) is 0 Å². The van der Waals surface area contributed by atoms with Gasteiger partial charge in [-0.15, -0.1) is 0 Å². The Balaban J connectivity index is 3.46. The average Bonchev–Trinajstić information content (AvgIpc) is 1.97. The SMILES string of the molecule is CSCC/C=C\[C@@H](O)CC(=O)O. The first-order valence-corrected chi connectivity index (χ1v) is 5.11. The summed E-state index contributed by atoms with van der Waals surface area (Å²) in [6.45, 7) is 0. The molecule has 0 aromatic heterocycles. The molecule has 70 valence electrons. The predicted octanol–water partition coefficient (Wildman–Crippen LogP) is 1.13. The highest BCUT2D eigenvalue weighted by Gasteiger charge is 2.03. The fraction of sp³-hybridized carbons (Fsp3) is 0.625. The number of aliphatic hydroxyl groups is 1. The Morgan fingerprint density at radius 3 is 2.83 bits per heavy atom. The number of aliphatic hydroxyl groups excluding tert-OH is 1. The van der Waals surface area contributed by atoms with Gasteiger partial charge in [-0.2, -0.15) is 11.8 Å². The van der Waals surface area contributed by atoms with Crippen LogP contribution >= 0.6 is 11.8 Å². The number of rotatable bonds is 6. The normalized spacial score (nSPS) is 13.5. The molecule has 0 bridgehead atoms. The van der Waals surface area contributed by atoms with E-state index in [9.17, 15) is 4.79 Å². The molecule has 0 unspecified atom stereocenters. The molecule has 4 heteroatoms. The largest absolute Gasteiger partial charge is 0.481 e. The van der Waals surface area contributed by atoms with Gasteiger partial charge >= 0.3 is 5.97 Å². The molecule has 0 spiro atoms. The number of allylic oxidation sites excluding steroid dienone is 1. The smallest absolute Gasteiger partial charge is 0.306 e. The molecule has 12 heavy (non-hydrogen) atoms. The van der Waals surface area contributed by atoms with Crippen LogP contribution in [0.3, 0.4) is 0 Å². The molecular formula is C8H14O3S. The van der Waals surface area contributed by atoms with Crippen molar-refractivity contribution in [1.82, 2.24) is 0 Å². The van der Waals surface area contributed by atoms with Crippen LogP contribution in [0.25, 0.3) is 0 Å². The zero-order valence-corrected chi connectivity index (χ0v) is 7.88. The Morgan fingerprint density at radius 1 is 1.67 bits per heavy atom. The van der Waals surface area contributed by atoms with Crippen molar-refractivity contribution in [1.29, 1.82) is 0 Å². The average molecular weight is 190 g/mol. The van der Waals surface area contributed by atoms with E-state index in [-0.39, 0.29) is 6.42 Å². The van der Waals surface area contributed by atoms with Gasteiger partial charge in [-0.1, -0.05) is 12.2 Å². The molecule has 2 N–H and O–H groups in total. The maximum atomic E-state index is 10.1. The van der Waals surface area contributed by atoms with Crippen LogP contribution in [0, 0.1) is 0 Å². The van der Waals surface area contributed by atoms with Gasteiger partial charge in [0, 0.05) is 0 Å². The molecule has 0 aliphatic rings. The zero-order valence-electron chi connectivity index (χ0n) is 7.06. The third kappa shape index (κ3) is 7.63. The Bertz CT molecular complexity index is 156. The second kappa shape index (κ2) is 7.18. The van der Waals surface area contributed by atoms with Crippen LogP contribution < -0.4 is 0 Å². The molecule has 0 rings (SSSR count). The number of carboxylic acid groups (broad SMARTS) is 1. The topological polar surface area (TPSA) is 57.5 Å². The van der Waals surface area contributed by atoms with E-state index < -0.39 is 12.1 Å². The maximum Gasteiger partial charge on any atom is 0.306 e. The Hall–Kier alpha value is -0.480. The summed E-state index contributed by atoms with van der Waals surface area (Å²) in [7, 11) is 0. The Morgan fingerprint density at radius 2 is 2.33 bits per heavy atom. The van der Waals surface area contributed by atoms with Crippen LogP contribution in [-0.4, -0.2) is 34.3 Å². The van der Waals surface area contributed by atoms with Crippen LogP contribution in [-0.2, 0) is 4.79 Å². The maximum absolute atomic E-state index is 10.1. The van der Waals surface area contributed by atoms with Crippen LogP contribution in [0.2, 0.25) is 0 Å². The molecule has 0 fully saturated rings. The van der Waals surface area contributed by atoms with Gasteiger partial charge in [-0.25, -0.2) is 0 Å². The summed E-state index contributed by atoms with van der Waals surface area (Å²) in [5, 5.41) is 17.3. The highest BCUT2D eigenvalue weighted by molar-refractivity contribution is 7.98. The molecule has 0 radical (unpaired) electrons. The summed E-state index contributed by atoms with van der Waals surface area (Å²) in [4.78, 5) is 10.1. The number of thioether (sulfide) groups is 1. The van der Waals surface area contributed by atoms with Gasteiger partial charge in [0.1, 0.15) is 0 Å². The third-order valence-corrected chi connectivity index (χ3v) is 1.87. The summed E-state index contributed by atoms with van der Waals surface area (Å²) < 4.78 is 0. The first-order chi connectivity index (χ1) is 5.66. The lowest BCUT2D eigenvalue weighted by Crippen LogP contribution is -2.09. The molecule has 0 aliphatic carbocycles. The summed E-state index contributed by atoms with van der Waals surface area (Å²) >= 11 is 1.72. The number of carboxylic acids is 1. The molecule has 0 aliphatic heterocycles. The van der Waals surface area contributed by atoms with Gasteiger partial charge in [0.15, 0.2) is 0 Å². The van der Waals surface area contributed by atoms with E-state index in [1.165, 1.54) is 6.08 Å². The number of aliphatic carboxylic acids is 1. The Kier molecular flexibility index (Phi) is 6.90. The lowest BCUT2D eigenvalue weighted by molar-refractivity contribution is -0.138. The second-order valence-corrected chi connectivity index (χ2v) is 3.36. The first kappa shape index (κ1) is 11.5. The minimum atomic E-state index is -0.975. The third-order valence-electron chi connectivity index (χ3n) is 1.23. The van der Waals surface area contributed by atoms with Gasteiger partial charge in [0.2, 0.25) is 0 Å². The molecular weight excluding hydrogens is 176 g/mol. The molecule has 0 aromatic carbocycles. The summed E-state index contributed by atoms with van der Waals surface area (Å²) in [6.07, 6.45) is 5.16. The van der Waals surface area contributed by atoms with Crippen molar-refractivity contribution >= 4 is 17.7 Å². The van der Waals surface area contributed by atoms with E-state index in [0.717, 1.165) is 12.2 Å².